The summed E-state index contributed by atoms with van der Waals surface area (Å²) in [6.07, 6.45) is 3.09. The number of hydrazine groups is 1. The molecule has 0 aliphatic carbocycles. The zero-order valence-electron chi connectivity index (χ0n) is 10.3. The first-order valence-electron chi connectivity index (χ1n) is 5.41. The number of hydrogen-bond donors (Lipinski definition) is 2. The Hall–Kier alpha value is -0.990. The molecule has 2 atom stereocenters. The van der Waals surface area contributed by atoms with E-state index in [1.165, 1.54) is 12.6 Å². The van der Waals surface area contributed by atoms with Gasteiger partial charge in [0.25, 0.3) is 0 Å². The Balaban J connectivity index is 2.84. The van der Waals surface area contributed by atoms with Gasteiger partial charge in [0, 0.05) is 25.3 Å². The van der Waals surface area contributed by atoms with Gasteiger partial charge < -0.3 is 0 Å². The molecule has 1 aromatic heterocycles. The Morgan fingerprint density at radius 1 is 1.59 bits per heavy atom. The summed E-state index contributed by atoms with van der Waals surface area (Å²) in [6.45, 7) is 4.27. The summed E-state index contributed by atoms with van der Waals surface area (Å²) in [5.41, 5.74) is 2.54. The summed E-state index contributed by atoms with van der Waals surface area (Å²) >= 11 is 0. The van der Waals surface area contributed by atoms with Crippen LogP contribution in [0.5, 0.6) is 0 Å². The molecule has 0 saturated carbocycles. The lowest BCUT2D eigenvalue weighted by Crippen LogP contribution is -2.47. The number of hydrogen-bond acceptors (Lipinski definition) is 6. The molecule has 0 amide bonds. The van der Waals surface area contributed by atoms with Crippen LogP contribution >= 0.6 is 0 Å². The highest BCUT2D eigenvalue weighted by Crippen LogP contribution is 2.09. The first-order chi connectivity index (χ1) is 7.90. The van der Waals surface area contributed by atoms with Crippen LogP contribution in [0.4, 0.5) is 0 Å². The summed E-state index contributed by atoms with van der Waals surface area (Å²) < 4.78 is 24.7. The van der Waals surface area contributed by atoms with Crippen LogP contribution in [0, 0.1) is 0 Å². The SMILES string of the molecule is CCn1ncnc1CC(NN)C(C)S(C)(=O)=O. The average Bonchev–Trinajstić information content (AvgIpc) is 2.70. The van der Waals surface area contributed by atoms with Gasteiger partial charge >= 0.3 is 0 Å². The lowest BCUT2D eigenvalue weighted by atomic mass is 10.1. The van der Waals surface area contributed by atoms with E-state index in [4.69, 9.17) is 5.84 Å². The molecule has 0 aromatic carbocycles. The Kier molecular flexibility index (Phi) is 4.61. The molecule has 3 N–H and O–H groups in total. The second-order valence-electron chi connectivity index (χ2n) is 4.00. The van der Waals surface area contributed by atoms with Crippen molar-refractivity contribution in [1.29, 1.82) is 0 Å². The summed E-state index contributed by atoms with van der Waals surface area (Å²) in [6, 6.07) is -0.375. The van der Waals surface area contributed by atoms with Crippen molar-refractivity contribution in [3.05, 3.63) is 12.2 Å². The molecule has 1 aromatic rings. The minimum absolute atomic E-state index is 0.375. The van der Waals surface area contributed by atoms with Gasteiger partial charge in [0.2, 0.25) is 0 Å². The van der Waals surface area contributed by atoms with Gasteiger partial charge in [-0.3, -0.25) is 16.0 Å². The van der Waals surface area contributed by atoms with Gasteiger partial charge in [0.15, 0.2) is 9.84 Å². The van der Waals surface area contributed by atoms with Gasteiger partial charge in [-0.05, 0) is 13.8 Å². The fraction of sp³-hybridized carbons (Fsp3) is 0.778. The standard InChI is InChI=1S/C9H19N5O2S/c1-4-14-9(11-6-12-14)5-8(13-10)7(2)17(3,15)16/h6-8,13H,4-5,10H2,1-3H3. The van der Waals surface area contributed by atoms with E-state index in [0.717, 1.165) is 5.82 Å². The lowest BCUT2D eigenvalue weighted by molar-refractivity contribution is 0.471. The Labute approximate surface area is 101 Å². The number of nitrogens with zero attached hydrogens (tertiary/aromatic N) is 3. The maximum atomic E-state index is 11.5. The van der Waals surface area contributed by atoms with Crippen LogP contribution in [0.2, 0.25) is 0 Å². The number of rotatable bonds is 6. The van der Waals surface area contributed by atoms with E-state index in [2.05, 4.69) is 15.5 Å². The molecular weight excluding hydrogens is 242 g/mol. The molecule has 2 unspecified atom stereocenters. The third-order valence-electron chi connectivity index (χ3n) is 2.85. The lowest BCUT2D eigenvalue weighted by Gasteiger charge is -2.21. The van der Waals surface area contributed by atoms with E-state index in [1.54, 1.807) is 11.6 Å². The van der Waals surface area contributed by atoms with Crippen LogP contribution in [0.25, 0.3) is 0 Å². The van der Waals surface area contributed by atoms with Crippen LogP contribution in [0.15, 0.2) is 6.33 Å². The highest BCUT2D eigenvalue weighted by Gasteiger charge is 2.26. The predicted molar refractivity (Wildman–Crippen MR) is 64.8 cm³/mol. The number of nitrogens with one attached hydrogen (secondary N) is 1. The number of aryl methyl sites for hydroxylation is 1. The van der Waals surface area contributed by atoms with Crippen molar-refractivity contribution in [3.63, 3.8) is 0 Å². The van der Waals surface area contributed by atoms with Gasteiger partial charge in [0.05, 0.1) is 5.25 Å². The smallest absolute Gasteiger partial charge is 0.151 e. The Bertz CT molecular complexity index is 456. The van der Waals surface area contributed by atoms with Crippen molar-refractivity contribution in [2.45, 2.75) is 38.1 Å². The molecule has 0 saturated heterocycles. The summed E-state index contributed by atoms with van der Waals surface area (Å²) in [5.74, 6) is 6.13. The largest absolute Gasteiger partial charge is 0.271 e. The monoisotopic (exact) mass is 261 g/mol. The molecule has 0 aliphatic rings. The molecular formula is C9H19N5O2S. The zero-order valence-corrected chi connectivity index (χ0v) is 11.1. The van der Waals surface area contributed by atoms with Gasteiger partial charge in [-0.15, -0.1) is 0 Å². The predicted octanol–water partition coefficient (Wildman–Crippen LogP) is -0.894. The second kappa shape index (κ2) is 5.56. The summed E-state index contributed by atoms with van der Waals surface area (Å²) in [5, 5.41) is 3.46. The topological polar surface area (TPSA) is 103 Å². The summed E-state index contributed by atoms with van der Waals surface area (Å²) in [7, 11) is -3.14. The fourth-order valence-electron chi connectivity index (χ4n) is 1.57. The Morgan fingerprint density at radius 2 is 2.24 bits per heavy atom. The van der Waals surface area contributed by atoms with E-state index in [9.17, 15) is 8.42 Å². The molecule has 98 valence electrons. The van der Waals surface area contributed by atoms with Crippen LogP contribution in [-0.4, -0.2) is 40.7 Å². The zero-order chi connectivity index (χ0) is 13.1. The number of aromatic nitrogens is 3. The molecule has 0 bridgehead atoms. The van der Waals surface area contributed by atoms with Gasteiger partial charge in [0.1, 0.15) is 12.2 Å². The van der Waals surface area contributed by atoms with Crippen molar-refractivity contribution < 1.29 is 8.42 Å². The molecule has 0 aliphatic heterocycles. The molecule has 0 radical (unpaired) electrons. The molecule has 0 spiro atoms. The molecule has 17 heavy (non-hydrogen) atoms. The average molecular weight is 261 g/mol. The van der Waals surface area contributed by atoms with Gasteiger partial charge in [-0.1, -0.05) is 0 Å². The quantitative estimate of drug-likeness (QED) is 0.508. The van der Waals surface area contributed by atoms with Crippen molar-refractivity contribution in [2.75, 3.05) is 6.26 Å². The summed E-state index contributed by atoms with van der Waals surface area (Å²) in [4.78, 5) is 4.10. The van der Waals surface area contributed by atoms with Crippen molar-refractivity contribution >= 4 is 9.84 Å². The molecule has 7 nitrogen and oxygen atoms in total. The van der Waals surface area contributed by atoms with Crippen LogP contribution < -0.4 is 11.3 Å². The van der Waals surface area contributed by atoms with E-state index in [1.807, 2.05) is 6.92 Å². The van der Waals surface area contributed by atoms with Crippen molar-refractivity contribution in [2.24, 2.45) is 5.84 Å². The minimum Gasteiger partial charge on any atom is -0.271 e. The fourth-order valence-corrected chi connectivity index (χ4v) is 2.34. The normalized spacial score (nSPS) is 15.8. The van der Waals surface area contributed by atoms with E-state index in [-0.39, 0.29) is 6.04 Å². The van der Waals surface area contributed by atoms with Crippen molar-refractivity contribution in [3.8, 4) is 0 Å². The van der Waals surface area contributed by atoms with E-state index < -0.39 is 15.1 Å². The first-order valence-corrected chi connectivity index (χ1v) is 7.37. The third-order valence-corrected chi connectivity index (χ3v) is 4.53. The maximum absolute atomic E-state index is 11.5. The van der Waals surface area contributed by atoms with E-state index in [0.29, 0.717) is 13.0 Å². The van der Waals surface area contributed by atoms with Crippen LogP contribution in [0.3, 0.4) is 0 Å². The highest BCUT2D eigenvalue weighted by atomic mass is 32.2. The first kappa shape index (κ1) is 14.1. The minimum atomic E-state index is -3.14. The Morgan fingerprint density at radius 3 is 2.71 bits per heavy atom. The highest BCUT2D eigenvalue weighted by molar-refractivity contribution is 7.91. The van der Waals surface area contributed by atoms with Crippen molar-refractivity contribution in [1.82, 2.24) is 20.2 Å². The van der Waals surface area contributed by atoms with Crippen LogP contribution in [-0.2, 0) is 22.8 Å². The van der Waals surface area contributed by atoms with Gasteiger partial charge in [-0.25, -0.2) is 13.4 Å². The molecule has 1 rings (SSSR count). The third kappa shape index (κ3) is 3.48. The molecule has 8 heteroatoms. The molecule has 1 heterocycles. The number of nitrogens with two attached hydrogens (primary N) is 1. The number of sulfone groups is 1. The van der Waals surface area contributed by atoms with E-state index >= 15 is 0 Å². The maximum Gasteiger partial charge on any atom is 0.151 e. The van der Waals surface area contributed by atoms with Crippen LogP contribution in [0.1, 0.15) is 19.7 Å². The molecule has 0 fully saturated rings. The second-order valence-corrected chi connectivity index (χ2v) is 6.41. The van der Waals surface area contributed by atoms with Gasteiger partial charge in [-0.2, -0.15) is 5.10 Å².